The lowest BCUT2D eigenvalue weighted by atomic mass is 9.99. The van der Waals surface area contributed by atoms with Gasteiger partial charge in [-0.05, 0) is 35.7 Å². The number of nitrogens with one attached hydrogen (secondary N) is 1. The fraction of sp³-hybridized carbons (Fsp3) is 0.217. The Bertz CT molecular complexity index is 1430. The summed E-state index contributed by atoms with van der Waals surface area (Å²) in [5.74, 6) is -0.646. The molecule has 1 fully saturated rings. The van der Waals surface area contributed by atoms with E-state index in [1.54, 1.807) is 6.07 Å². The molecular weight excluding hydrogens is 498 g/mol. The molecule has 1 aliphatic rings. The van der Waals surface area contributed by atoms with Crippen LogP contribution < -0.4 is 5.32 Å². The normalized spacial score (nSPS) is 17.3. The molecule has 3 heterocycles. The van der Waals surface area contributed by atoms with E-state index in [1.165, 1.54) is 21.7 Å². The summed E-state index contributed by atoms with van der Waals surface area (Å²) in [6.07, 6.45) is 1.25. The minimum Gasteiger partial charge on any atom is -0.302 e. The SMILES string of the molecule is O=C(Nc1nc(-c2cccc3ccccc23)cs1)C1CCCN(S(=O)(=O)c2ccc(Cl)s2)C1. The summed E-state index contributed by atoms with van der Waals surface area (Å²) in [4.78, 5) is 17.6. The summed E-state index contributed by atoms with van der Waals surface area (Å²) in [6, 6.07) is 17.3. The molecule has 0 saturated carbocycles. The van der Waals surface area contributed by atoms with Crippen LogP contribution in [0.2, 0.25) is 4.34 Å². The number of amides is 1. The van der Waals surface area contributed by atoms with Gasteiger partial charge in [0.2, 0.25) is 5.91 Å². The predicted octanol–water partition coefficient (Wildman–Crippen LogP) is 5.72. The van der Waals surface area contributed by atoms with E-state index in [-0.39, 0.29) is 16.7 Å². The van der Waals surface area contributed by atoms with E-state index in [2.05, 4.69) is 28.5 Å². The van der Waals surface area contributed by atoms with E-state index < -0.39 is 15.9 Å². The average Bonchev–Trinajstić information content (AvgIpc) is 3.48. The van der Waals surface area contributed by atoms with Gasteiger partial charge in [0.25, 0.3) is 10.0 Å². The van der Waals surface area contributed by atoms with Gasteiger partial charge in [-0.2, -0.15) is 4.31 Å². The molecule has 1 saturated heterocycles. The van der Waals surface area contributed by atoms with E-state index in [1.807, 2.05) is 29.6 Å². The zero-order valence-electron chi connectivity index (χ0n) is 17.4. The lowest BCUT2D eigenvalue weighted by Crippen LogP contribution is -2.43. The highest BCUT2D eigenvalue weighted by atomic mass is 35.5. The number of carbonyl (C=O) groups excluding carboxylic acids is 1. The Morgan fingerprint density at radius 1 is 1.12 bits per heavy atom. The molecule has 33 heavy (non-hydrogen) atoms. The van der Waals surface area contributed by atoms with Crippen LogP contribution in [0.1, 0.15) is 12.8 Å². The molecule has 1 aliphatic heterocycles. The number of nitrogens with zero attached hydrogens (tertiary/aromatic N) is 2. The Hall–Kier alpha value is -2.30. The minimum atomic E-state index is -3.66. The van der Waals surface area contributed by atoms with Crippen LogP contribution in [0.4, 0.5) is 5.13 Å². The molecule has 5 rings (SSSR count). The third-order valence-corrected chi connectivity index (χ3v) is 10.0. The smallest absolute Gasteiger partial charge is 0.252 e. The van der Waals surface area contributed by atoms with Gasteiger partial charge in [0, 0.05) is 24.0 Å². The molecular formula is C23H20ClN3O3S3. The van der Waals surface area contributed by atoms with Gasteiger partial charge in [0.15, 0.2) is 5.13 Å². The number of thiazole rings is 1. The van der Waals surface area contributed by atoms with Crippen LogP contribution in [-0.4, -0.2) is 36.7 Å². The zero-order chi connectivity index (χ0) is 23.0. The van der Waals surface area contributed by atoms with Gasteiger partial charge in [-0.1, -0.05) is 54.1 Å². The van der Waals surface area contributed by atoms with Gasteiger partial charge >= 0.3 is 0 Å². The molecule has 1 amide bonds. The van der Waals surface area contributed by atoms with Crippen molar-refractivity contribution < 1.29 is 13.2 Å². The molecule has 0 bridgehead atoms. The maximum atomic E-state index is 13.0. The third kappa shape index (κ3) is 4.56. The summed E-state index contributed by atoms with van der Waals surface area (Å²) >= 11 is 8.31. The van der Waals surface area contributed by atoms with Crippen molar-refractivity contribution in [3.8, 4) is 11.3 Å². The number of hydrogen-bond acceptors (Lipinski definition) is 6. The maximum Gasteiger partial charge on any atom is 0.252 e. The molecule has 10 heteroatoms. The number of piperidine rings is 1. The van der Waals surface area contributed by atoms with Crippen LogP contribution >= 0.6 is 34.3 Å². The number of anilines is 1. The lowest BCUT2D eigenvalue weighted by molar-refractivity contribution is -0.120. The van der Waals surface area contributed by atoms with Gasteiger partial charge in [-0.25, -0.2) is 13.4 Å². The van der Waals surface area contributed by atoms with Gasteiger partial charge in [-0.15, -0.1) is 22.7 Å². The summed E-state index contributed by atoms with van der Waals surface area (Å²) < 4.78 is 27.9. The van der Waals surface area contributed by atoms with Crippen molar-refractivity contribution in [3.63, 3.8) is 0 Å². The number of fused-ring (bicyclic) bond motifs is 1. The maximum absolute atomic E-state index is 13.0. The van der Waals surface area contributed by atoms with Gasteiger partial charge < -0.3 is 5.32 Å². The van der Waals surface area contributed by atoms with Gasteiger partial charge in [0.05, 0.1) is 15.9 Å². The molecule has 2 aromatic carbocycles. The second-order valence-corrected chi connectivity index (χ2v) is 12.6. The number of carbonyl (C=O) groups is 1. The number of hydrogen-bond donors (Lipinski definition) is 1. The standard InChI is InChI=1S/C23H20ClN3O3S3/c24-20-10-11-21(32-20)33(29,30)27-12-4-7-16(13-27)22(28)26-23-25-19(14-31-23)18-9-3-6-15-5-1-2-8-17(15)18/h1-3,5-6,8-11,14,16H,4,7,12-13H2,(H,25,26,28). The van der Waals surface area contributed by atoms with Crippen LogP contribution in [-0.2, 0) is 14.8 Å². The first kappa shape index (κ1) is 22.5. The lowest BCUT2D eigenvalue weighted by Gasteiger charge is -2.30. The summed E-state index contributed by atoms with van der Waals surface area (Å²) in [5, 5.41) is 7.56. The van der Waals surface area contributed by atoms with Crippen molar-refractivity contribution in [2.75, 3.05) is 18.4 Å². The predicted molar refractivity (Wildman–Crippen MR) is 134 cm³/mol. The summed E-state index contributed by atoms with van der Waals surface area (Å²) in [7, 11) is -3.66. The molecule has 6 nitrogen and oxygen atoms in total. The third-order valence-electron chi connectivity index (χ3n) is 5.70. The van der Waals surface area contributed by atoms with Crippen LogP contribution in [0.25, 0.3) is 22.0 Å². The Labute approximate surface area is 204 Å². The topological polar surface area (TPSA) is 79.4 Å². The number of thiophene rings is 1. The number of halogens is 1. The fourth-order valence-corrected chi connectivity index (χ4v) is 7.92. The molecule has 1 atom stereocenters. The zero-order valence-corrected chi connectivity index (χ0v) is 20.6. The first-order valence-electron chi connectivity index (χ1n) is 10.4. The Balaban J connectivity index is 1.31. The highest BCUT2D eigenvalue weighted by Gasteiger charge is 2.34. The van der Waals surface area contributed by atoms with Crippen LogP contribution in [0.5, 0.6) is 0 Å². The molecule has 170 valence electrons. The number of rotatable bonds is 5. The Kier molecular flexibility index (Phi) is 6.24. The van der Waals surface area contributed by atoms with Crippen molar-refractivity contribution in [2.24, 2.45) is 5.92 Å². The molecule has 0 aliphatic carbocycles. The van der Waals surface area contributed by atoms with Crippen LogP contribution in [0.3, 0.4) is 0 Å². The Morgan fingerprint density at radius 3 is 2.76 bits per heavy atom. The van der Waals surface area contributed by atoms with E-state index in [4.69, 9.17) is 11.6 Å². The molecule has 1 N–H and O–H groups in total. The summed E-state index contributed by atoms with van der Waals surface area (Å²) in [6.45, 7) is 0.537. The van der Waals surface area contributed by atoms with E-state index in [0.29, 0.717) is 28.9 Å². The molecule has 4 aromatic rings. The van der Waals surface area contributed by atoms with E-state index in [9.17, 15) is 13.2 Å². The number of benzene rings is 2. The number of aromatic nitrogens is 1. The molecule has 2 aromatic heterocycles. The van der Waals surface area contributed by atoms with Gasteiger partial charge in [-0.3, -0.25) is 4.79 Å². The quantitative estimate of drug-likeness (QED) is 0.367. The van der Waals surface area contributed by atoms with Gasteiger partial charge in [0.1, 0.15) is 4.21 Å². The first-order chi connectivity index (χ1) is 15.9. The van der Waals surface area contributed by atoms with Crippen molar-refractivity contribution in [3.05, 3.63) is 64.3 Å². The summed E-state index contributed by atoms with van der Waals surface area (Å²) in [5.41, 5.74) is 1.81. The molecule has 1 unspecified atom stereocenters. The second-order valence-electron chi connectivity index (χ2n) is 7.81. The van der Waals surface area contributed by atoms with Crippen LogP contribution in [0.15, 0.2) is 64.2 Å². The van der Waals surface area contributed by atoms with Crippen molar-refractivity contribution in [1.29, 1.82) is 0 Å². The minimum absolute atomic E-state index is 0.144. The van der Waals surface area contributed by atoms with Crippen molar-refractivity contribution in [2.45, 2.75) is 17.1 Å². The Morgan fingerprint density at radius 2 is 1.94 bits per heavy atom. The largest absolute Gasteiger partial charge is 0.302 e. The highest BCUT2D eigenvalue weighted by molar-refractivity contribution is 7.91. The monoisotopic (exact) mass is 517 g/mol. The average molecular weight is 518 g/mol. The number of sulfonamides is 1. The van der Waals surface area contributed by atoms with Crippen molar-refractivity contribution >= 4 is 66.1 Å². The fourth-order valence-electron chi connectivity index (χ4n) is 4.05. The van der Waals surface area contributed by atoms with Crippen molar-refractivity contribution in [1.82, 2.24) is 9.29 Å². The second kappa shape index (κ2) is 9.15. The van der Waals surface area contributed by atoms with E-state index in [0.717, 1.165) is 33.4 Å². The van der Waals surface area contributed by atoms with Crippen LogP contribution in [0, 0.1) is 5.92 Å². The highest BCUT2D eigenvalue weighted by Crippen LogP contribution is 2.33. The molecule has 0 spiro atoms. The first-order valence-corrected chi connectivity index (χ1v) is 13.9. The molecule has 0 radical (unpaired) electrons. The van der Waals surface area contributed by atoms with E-state index >= 15 is 0 Å².